The van der Waals surface area contributed by atoms with Crippen LogP contribution in [0.4, 0.5) is 0 Å². The third-order valence-electron chi connectivity index (χ3n) is 0. The zero-order chi connectivity index (χ0) is 13.4. The molecular weight excluding hydrogens is 944 g/mol. The molecule has 0 bridgehead atoms. The second-order valence-corrected chi connectivity index (χ2v) is 1.51. The van der Waals surface area contributed by atoms with E-state index in [1.54, 1.807) is 0 Å². The van der Waals surface area contributed by atoms with Crippen molar-refractivity contribution < 1.29 is 117 Å². The van der Waals surface area contributed by atoms with Crippen LogP contribution in [0.3, 0.4) is 0 Å². The van der Waals surface area contributed by atoms with Crippen molar-refractivity contribution in [2.24, 2.45) is 0 Å². The van der Waals surface area contributed by atoms with Crippen LogP contribution >= 0.6 is 0 Å². The minimum Gasteiger partial charge on any atom is 0 e. The van der Waals surface area contributed by atoms with Crippen molar-refractivity contribution in [2.45, 2.75) is 0 Å². The summed E-state index contributed by atoms with van der Waals surface area (Å²) in [6, 6.07) is 0. The Labute approximate surface area is 151 Å². The Balaban J connectivity index is -0.0000000230. The smallest absolute Gasteiger partial charge is 0 e. The van der Waals surface area contributed by atoms with E-state index in [2.05, 4.69) is 0 Å². The molecule has 0 aromatic heterocycles. The van der Waals surface area contributed by atoms with Crippen LogP contribution < -0.4 is 0 Å². The van der Waals surface area contributed by atoms with Crippen LogP contribution in [0.1, 0.15) is 0 Å². The molecule has 0 aromatic carbocycles. The van der Waals surface area contributed by atoms with E-state index in [4.69, 9.17) is 51.0 Å². The Bertz CT molecular complexity index is 141. The summed E-state index contributed by atoms with van der Waals surface area (Å²) in [4.78, 5) is 8.25. The molecule has 14 nitrogen and oxygen atoms in total. The number of nitrogens with zero attached hydrogens (tertiary/aromatic N) is 3. The molecule has 0 spiro atoms. The summed E-state index contributed by atoms with van der Waals surface area (Å²) in [6.07, 6.45) is 0. The molecule has 0 aromatic rings. The van der Waals surface area contributed by atoms with Gasteiger partial charge in [0.2, 0.25) is 0 Å². The molecule has 0 saturated carbocycles. The molecule has 0 radical (unpaired) electrons. The largest absolute Gasteiger partial charge is 0 e. The van der Waals surface area contributed by atoms with Crippen molar-refractivity contribution >= 4 is 0 Å². The zero-order valence-electron chi connectivity index (χ0n) is 7.30. The summed E-state index contributed by atoms with van der Waals surface area (Å²) >= 11 is -2.51. The van der Waals surface area contributed by atoms with Gasteiger partial charge >= 0.3 is 32.3 Å². The van der Waals surface area contributed by atoms with Crippen molar-refractivity contribution in [1.82, 2.24) is 10.8 Å². The number of rotatable bonds is 0. The van der Waals surface area contributed by atoms with E-state index in [0.29, 0.717) is 0 Å². The first kappa shape index (κ1) is 36.3. The zero-order valence-corrected chi connectivity index (χ0v) is 18.3. The maximum atomic E-state index is 8.58. The van der Waals surface area contributed by atoms with Gasteiger partial charge in [-0.15, -0.1) is 10.8 Å². The van der Waals surface area contributed by atoms with E-state index >= 15 is 0 Å². The van der Waals surface area contributed by atoms with E-state index in [9.17, 15) is 0 Å². The van der Waals surface area contributed by atoms with E-state index in [1.807, 2.05) is 0 Å². The van der Waals surface area contributed by atoms with Gasteiger partial charge in [-0.05, 0) is 0 Å². The normalized spacial score (nSPS) is 6.12. The summed E-state index contributed by atoms with van der Waals surface area (Å²) in [6.45, 7) is 0. The van der Waals surface area contributed by atoms with Gasteiger partial charge in [0.1, 0.15) is 0 Å². The van der Waals surface area contributed by atoms with Crippen molar-refractivity contribution in [3.8, 4) is 0 Å². The quantitative estimate of drug-likeness (QED) is 0.163. The van der Waals surface area contributed by atoms with E-state index in [-0.39, 0.29) is 58.3 Å². The van der Waals surface area contributed by atoms with Crippen molar-refractivity contribution in [2.75, 3.05) is 0 Å². The molecule has 17 heteroatoms. The molecule has 4 N–H and O–H groups in total. The SMILES string of the molecule is O=[N+]([O-])[O-].[O-]N(O)O.[O-]N(O)O.[O]=[U]=[O].[Pu].[Pu]. The summed E-state index contributed by atoms with van der Waals surface area (Å²) in [7, 11) is 0. The third-order valence-corrected chi connectivity index (χ3v) is 0. The molecule has 104 valence electrons. The minimum absolute atomic E-state index is 0. The predicted octanol–water partition coefficient (Wildman–Crippen LogP) is -1.35. The van der Waals surface area contributed by atoms with Gasteiger partial charge in [0.05, 0.1) is 5.09 Å². The molecule has 0 aliphatic heterocycles. The first-order valence-corrected chi connectivity index (χ1v) is 5.52. The average molecular weight is 948 g/mol. The van der Waals surface area contributed by atoms with Crippen LogP contribution in [0, 0.1) is 112 Å². The van der Waals surface area contributed by atoms with Gasteiger partial charge in [-0.2, -0.15) is 0 Å². The fraction of sp³-hybridized carbons (Fsp3) is 0. The Kier molecular flexibility index (Phi) is 76.8. The summed E-state index contributed by atoms with van der Waals surface area (Å²) in [5.41, 5.74) is 0. The van der Waals surface area contributed by atoms with E-state index in [1.165, 1.54) is 0 Å². The van der Waals surface area contributed by atoms with Crippen LogP contribution in [0.5, 0.6) is 0 Å². The predicted molar refractivity (Wildman–Crippen MR) is 29.3 cm³/mol. The number of hydrogen-bond acceptors (Lipinski definition) is 13. The van der Waals surface area contributed by atoms with Crippen molar-refractivity contribution in [3.63, 3.8) is 0 Å². The molecular formula is H4N3O11Pu2U-3. The topological polar surface area (TPSA) is 234 Å². The Morgan fingerprint density at radius 2 is 0.882 bits per heavy atom. The van der Waals surface area contributed by atoms with Gasteiger partial charge in [0.15, 0.2) is 0 Å². The van der Waals surface area contributed by atoms with Crippen molar-refractivity contribution in [3.05, 3.63) is 25.7 Å². The number of hydrogen-bond donors (Lipinski definition) is 4. The van der Waals surface area contributed by atoms with Crippen LogP contribution in [-0.4, -0.2) is 36.7 Å². The monoisotopic (exact) mass is 936 g/mol. The molecule has 0 fully saturated rings. The maximum absolute atomic E-state index is 8.58. The molecule has 0 atom stereocenters. The van der Waals surface area contributed by atoms with E-state index in [0.717, 1.165) is 0 Å². The standard InChI is InChI=1S/2H2NO3.NO3.2O.2Pu.U/c3*2-1(3)4;;;;;/h2*2-3H;;;;;;/q3*-1;;;;;. The van der Waals surface area contributed by atoms with Gasteiger partial charge in [-0.1, -0.05) is 0 Å². The second kappa shape index (κ2) is 36.0. The van der Waals surface area contributed by atoms with Gasteiger partial charge in [-0.25, -0.2) is 0 Å². The first-order valence-electron chi connectivity index (χ1n) is 2.12. The van der Waals surface area contributed by atoms with Crippen LogP contribution in [0.2, 0.25) is 0 Å². The fourth-order valence-electron chi connectivity index (χ4n) is 0. The molecule has 0 aliphatic rings. The van der Waals surface area contributed by atoms with Crippen LogP contribution in [0.15, 0.2) is 0 Å². The molecule has 0 rings (SSSR count). The Morgan fingerprint density at radius 3 is 0.882 bits per heavy atom. The third kappa shape index (κ3) is 1860. The van der Waals surface area contributed by atoms with E-state index < -0.39 is 43.7 Å². The fourth-order valence-corrected chi connectivity index (χ4v) is 0. The molecule has 17 heavy (non-hydrogen) atoms. The maximum Gasteiger partial charge on any atom is 0 e. The van der Waals surface area contributed by atoms with Gasteiger partial charge in [0.25, 0.3) is 0 Å². The molecule has 0 unspecified atom stereocenters. The second-order valence-electron chi connectivity index (χ2n) is 0.812. The molecule has 0 amide bonds. The van der Waals surface area contributed by atoms with Gasteiger partial charge in [0, 0.05) is 58.3 Å². The van der Waals surface area contributed by atoms with Crippen LogP contribution in [-0.2, 0) is 4.47 Å². The van der Waals surface area contributed by atoms with Gasteiger partial charge in [-0.3, -0.25) is 0 Å². The summed E-state index contributed by atoms with van der Waals surface area (Å²) in [5, 5.41) is 56.8. The Morgan fingerprint density at radius 1 is 0.882 bits per heavy atom. The van der Waals surface area contributed by atoms with Crippen LogP contribution in [0.25, 0.3) is 0 Å². The summed E-state index contributed by atoms with van der Waals surface area (Å²) < 4.78 is 17.2. The first-order chi connectivity index (χ1) is 6.61. The molecule has 0 saturated heterocycles. The minimum atomic E-state index is -2.51. The molecule has 0 heterocycles. The average Bonchev–Trinajstić information content (AvgIpc) is 1.81. The Hall–Kier alpha value is 1.51. The van der Waals surface area contributed by atoms with Crippen molar-refractivity contribution in [1.29, 1.82) is 0 Å². The molecule has 0 aliphatic carbocycles. The van der Waals surface area contributed by atoms with Gasteiger partial charge < -0.3 is 46.6 Å². The summed E-state index contributed by atoms with van der Waals surface area (Å²) in [5.74, 6) is 0.